The molecule has 1 fully saturated rings. The zero-order chi connectivity index (χ0) is 18.4. The van der Waals surface area contributed by atoms with Crippen LogP contribution >= 0.6 is 0 Å². The first-order chi connectivity index (χ1) is 12.0. The number of hydrogen-bond donors (Lipinski definition) is 2. The molecular formula is C17H24FN3O4. The van der Waals surface area contributed by atoms with E-state index in [1.165, 1.54) is 25.2 Å². The third-order valence-corrected chi connectivity index (χ3v) is 4.23. The second-order valence-corrected chi connectivity index (χ2v) is 5.86. The van der Waals surface area contributed by atoms with Gasteiger partial charge in [0.05, 0.1) is 25.7 Å². The van der Waals surface area contributed by atoms with Gasteiger partial charge >= 0.3 is 0 Å². The fourth-order valence-corrected chi connectivity index (χ4v) is 2.90. The number of piperidine rings is 1. The summed E-state index contributed by atoms with van der Waals surface area (Å²) in [4.78, 5) is 26.3. The van der Waals surface area contributed by atoms with Crippen LogP contribution in [0.1, 0.15) is 23.2 Å². The number of hydrogen-bond acceptors (Lipinski definition) is 5. The van der Waals surface area contributed by atoms with Crippen molar-refractivity contribution in [2.24, 2.45) is 11.7 Å². The molecule has 7 nitrogen and oxygen atoms in total. The van der Waals surface area contributed by atoms with E-state index in [9.17, 15) is 14.0 Å². The molecular weight excluding hydrogens is 329 g/mol. The fourth-order valence-electron chi connectivity index (χ4n) is 2.90. The summed E-state index contributed by atoms with van der Waals surface area (Å²) < 4.78 is 24.5. The zero-order valence-electron chi connectivity index (χ0n) is 14.5. The molecule has 0 aliphatic carbocycles. The van der Waals surface area contributed by atoms with Gasteiger partial charge in [0.1, 0.15) is 5.82 Å². The van der Waals surface area contributed by atoms with E-state index in [2.05, 4.69) is 5.32 Å². The Labute approximate surface area is 146 Å². The molecule has 0 spiro atoms. The number of nitrogens with two attached hydrogens (primary N) is 1. The highest BCUT2D eigenvalue weighted by Crippen LogP contribution is 2.31. The van der Waals surface area contributed by atoms with Gasteiger partial charge in [-0.05, 0) is 18.9 Å². The largest absolute Gasteiger partial charge is 0.493 e. The van der Waals surface area contributed by atoms with Crippen molar-refractivity contribution in [1.82, 2.24) is 10.2 Å². The van der Waals surface area contributed by atoms with Crippen LogP contribution in [0.2, 0.25) is 0 Å². The maximum Gasteiger partial charge on any atom is 0.256 e. The maximum atomic E-state index is 14.3. The lowest BCUT2D eigenvalue weighted by Gasteiger charge is -2.32. The van der Waals surface area contributed by atoms with Gasteiger partial charge in [0.15, 0.2) is 11.5 Å². The van der Waals surface area contributed by atoms with Crippen molar-refractivity contribution in [2.45, 2.75) is 12.8 Å². The van der Waals surface area contributed by atoms with Crippen molar-refractivity contribution in [2.75, 3.05) is 40.4 Å². The zero-order valence-corrected chi connectivity index (χ0v) is 14.5. The van der Waals surface area contributed by atoms with Gasteiger partial charge in [0.2, 0.25) is 5.91 Å². The Bertz CT molecular complexity index is 639. The average Bonchev–Trinajstić information content (AvgIpc) is 2.65. The highest BCUT2D eigenvalue weighted by atomic mass is 19.1. The van der Waals surface area contributed by atoms with Crippen molar-refractivity contribution < 1.29 is 23.5 Å². The van der Waals surface area contributed by atoms with Crippen molar-refractivity contribution in [3.63, 3.8) is 0 Å². The normalized spacial score (nSPS) is 17.1. The standard InChI is InChI=1S/C17H24FN3O4/c1-24-14-8-12(13(18)9-15(14)25-2)17(23)21-7-3-4-11(10-21)16(22)20-6-5-19/h8-9,11H,3-7,10,19H2,1-2H3,(H,20,22). The monoisotopic (exact) mass is 353 g/mol. The maximum absolute atomic E-state index is 14.3. The summed E-state index contributed by atoms with van der Waals surface area (Å²) in [5.74, 6) is -1.09. The molecule has 138 valence electrons. The number of likely N-dealkylation sites (tertiary alicyclic amines) is 1. The highest BCUT2D eigenvalue weighted by Gasteiger charge is 2.30. The van der Waals surface area contributed by atoms with E-state index >= 15 is 0 Å². The summed E-state index contributed by atoms with van der Waals surface area (Å²) in [7, 11) is 2.82. The summed E-state index contributed by atoms with van der Waals surface area (Å²) in [5, 5.41) is 2.73. The molecule has 25 heavy (non-hydrogen) atoms. The van der Waals surface area contributed by atoms with Crippen LogP contribution in [0.15, 0.2) is 12.1 Å². The molecule has 1 unspecified atom stereocenters. The van der Waals surface area contributed by atoms with E-state index in [4.69, 9.17) is 15.2 Å². The van der Waals surface area contributed by atoms with Crippen LogP contribution in [-0.4, -0.2) is 57.1 Å². The molecule has 2 rings (SSSR count). The lowest BCUT2D eigenvalue weighted by atomic mass is 9.96. The van der Waals surface area contributed by atoms with E-state index in [-0.39, 0.29) is 35.4 Å². The topological polar surface area (TPSA) is 93.9 Å². The van der Waals surface area contributed by atoms with Gasteiger partial charge in [-0.25, -0.2) is 4.39 Å². The number of benzene rings is 1. The molecule has 1 aromatic rings. The summed E-state index contributed by atoms with van der Waals surface area (Å²) in [5.41, 5.74) is 5.29. The first kappa shape index (κ1) is 19.0. The minimum absolute atomic E-state index is 0.0966. The number of nitrogens with zero attached hydrogens (tertiary/aromatic N) is 1. The molecule has 0 aromatic heterocycles. The number of nitrogens with one attached hydrogen (secondary N) is 1. The predicted molar refractivity (Wildman–Crippen MR) is 90.2 cm³/mol. The van der Waals surface area contributed by atoms with Crippen LogP contribution in [0.3, 0.4) is 0 Å². The molecule has 1 aromatic carbocycles. The molecule has 0 bridgehead atoms. The Balaban J connectivity index is 2.15. The Morgan fingerprint density at radius 2 is 2.00 bits per heavy atom. The first-order valence-corrected chi connectivity index (χ1v) is 8.20. The van der Waals surface area contributed by atoms with Gasteiger partial charge < -0.3 is 25.4 Å². The molecule has 1 saturated heterocycles. The third kappa shape index (κ3) is 4.39. The molecule has 1 aliphatic heterocycles. The Morgan fingerprint density at radius 1 is 1.32 bits per heavy atom. The summed E-state index contributed by atoms with van der Waals surface area (Å²) in [6, 6.07) is 2.45. The molecule has 8 heteroatoms. The molecule has 0 radical (unpaired) electrons. The number of amides is 2. The number of rotatable bonds is 6. The lowest BCUT2D eigenvalue weighted by Crippen LogP contribution is -2.46. The molecule has 3 N–H and O–H groups in total. The number of methoxy groups -OCH3 is 2. The van der Waals surface area contributed by atoms with Crippen LogP contribution in [0.4, 0.5) is 4.39 Å². The van der Waals surface area contributed by atoms with Gasteiger partial charge in [0, 0.05) is 32.2 Å². The first-order valence-electron chi connectivity index (χ1n) is 8.20. The fraction of sp³-hybridized carbons (Fsp3) is 0.529. The smallest absolute Gasteiger partial charge is 0.256 e. The van der Waals surface area contributed by atoms with E-state index in [0.717, 1.165) is 6.07 Å². The van der Waals surface area contributed by atoms with Gasteiger partial charge in [0.25, 0.3) is 5.91 Å². The summed E-state index contributed by atoms with van der Waals surface area (Å²) >= 11 is 0. The SMILES string of the molecule is COc1cc(F)c(C(=O)N2CCCC(C(=O)NCCN)C2)cc1OC. The van der Waals surface area contributed by atoms with Gasteiger partial charge in [-0.3, -0.25) is 9.59 Å². The van der Waals surface area contributed by atoms with Crippen LogP contribution in [-0.2, 0) is 4.79 Å². The number of carbonyl (C=O) groups excluding carboxylic acids is 2. The minimum atomic E-state index is -0.683. The van der Waals surface area contributed by atoms with E-state index < -0.39 is 11.7 Å². The second kappa shape index (κ2) is 8.66. The molecule has 1 heterocycles. The minimum Gasteiger partial charge on any atom is -0.493 e. The number of halogens is 1. The predicted octanol–water partition coefficient (Wildman–Crippen LogP) is 0.770. The quantitative estimate of drug-likeness (QED) is 0.788. The van der Waals surface area contributed by atoms with Crippen LogP contribution < -0.4 is 20.5 Å². The van der Waals surface area contributed by atoms with Gasteiger partial charge in [-0.1, -0.05) is 0 Å². The number of carbonyl (C=O) groups is 2. The van der Waals surface area contributed by atoms with Crippen LogP contribution in [0.5, 0.6) is 11.5 Å². The molecule has 1 aliphatic rings. The Hall–Kier alpha value is -2.35. The highest BCUT2D eigenvalue weighted by molar-refractivity contribution is 5.95. The molecule has 0 saturated carbocycles. The molecule has 2 amide bonds. The van der Waals surface area contributed by atoms with Gasteiger partial charge in [-0.2, -0.15) is 0 Å². The second-order valence-electron chi connectivity index (χ2n) is 5.86. The Kier molecular flexibility index (Phi) is 6.58. The van der Waals surface area contributed by atoms with Crippen molar-refractivity contribution in [3.8, 4) is 11.5 Å². The van der Waals surface area contributed by atoms with E-state index in [0.29, 0.717) is 32.5 Å². The van der Waals surface area contributed by atoms with Crippen molar-refractivity contribution >= 4 is 11.8 Å². The lowest BCUT2D eigenvalue weighted by molar-refractivity contribution is -0.126. The van der Waals surface area contributed by atoms with Crippen LogP contribution in [0.25, 0.3) is 0 Å². The van der Waals surface area contributed by atoms with Crippen LogP contribution in [0, 0.1) is 11.7 Å². The average molecular weight is 353 g/mol. The van der Waals surface area contributed by atoms with Crippen molar-refractivity contribution in [3.05, 3.63) is 23.5 Å². The Morgan fingerprint density at radius 3 is 2.64 bits per heavy atom. The number of ether oxygens (including phenoxy) is 2. The summed E-state index contributed by atoms with van der Waals surface area (Å²) in [6.45, 7) is 1.49. The van der Waals surface area contributed by atoms with E-state index in [1.54, 1.807) is 0 Å². The third-order valence-electron chi connectivity index (χ3n) is 4.23. The van der Waals surface area contributed by atoms with E-state index in [1.807, 2.05) is 0 Å². The van der Waals surface area contributed by atoms with Crippen molar-refractivity contribution in [1.29, 1.82) is 0 Å². The van der Waals surface area contributed by atoms with Gasteiger partial charge in [-0.15, -0.1) is 0 Å². The molecule has 1 atom stereocenters. The summed E-state index contributed by atoms with van der Waals surface area (Å²) in [6.07, 6.45) is 1.37.